The fourth-order valence-corrected chi connectivity index (χ4v) is 2.89. The van der Waals surface area contributed by atoms with Gasteiger partial charge >= 0.3 is 0 Å². The summed E-state index contributed by atoms with van der Waals surface area (Å²) in [6, 6.07) is 6.53. The van der Waals surface area contributed by atoms with Gasteiger partial charge in [-0.05, 0) is 77.1 Å². The number of piperidine rings is 1. The Morgan fingerprint density at radius 2 is 1.88 bits per heavy atom. The monoisotopic (exact) mass is 335 g/mol. The van der Waals surface area contributed by atoms with Crippen molar-refractivity contribution in [2.24, 2.45) is 5.16 Å². The number of hydrogen-bond donors (Lipinski definition) is 0. The molecular weight excluding hydrogens is 305 g/mol. The van der Waals surface area contributed by atoms with E-state index in [0.717, 1.165) is 37.2 Å². The Morgan fingerprint density at radius 3 is 2.54 bits per heavy atom. The van der Waals surface area contributed by atoms with Crippen LogP contribution in [0.1, 0.15) is 37.7 Å². The summed E-state index contributed by atoms with van der Waals surface area (Å²) in [4.78, 5) is 10.1. The molecule has 4 nitrogen and oxygen atoms in total. The first kappa shape index (κ1) is 18.9. The molecule has 1 heterocycles. The summed E-state index contributed by atoms with van der Waals surface area (Å²) in [6.07, 6.45) is 5.88. The Labute approximate surface area is 145 Å². The molecule has 0 unspecified atom stereocenters. The Kier molecular flexibility index (Phi) is 8.19. The highest BCUT2D eigenvalue weighted by atomic mass is 19.1. The average molecular weight is 335 g/mol. The van der Waals surface area contributed by atoms with Crippen molar-refractivity contribution in [2.75, 3.05) is 46.9 Å². The molecule has 2 rings (SSSR count). The van der Waals surface area contributed by atoms with Gasteiger partial charge in [-0.25, -0.2) is 4.39 Å². The normalized spacial score (nSPS) is 16.6. The number of likely N-dealkylation sites (tertiary alicyclic amines) is 1. The lowest BCUT2D eigenvalue weighted by atomic mass is 10.0. The number of hydrogen-bond acceptors (Lipinski definition) is 4. The zero-order valence-electron chi connectivity index (χ0n) is 15.0. The van der Waals surface area contributed by atoms with Crippen molar-refractivity contribution in [3.63, 3.8) is 0 Å². The quantitative estimate of drug-likeness (QED) is 0.393. The third-order valence-corrected chi connectivity index (χ3v) is 4.32. The summed E-state index contributed by atoms with van der Waals surface area (Å²) >= 11 is 0. The molecular formula is C19H30FN3O. The van der Waals surface area contributed by atoms with Crippen LogP contribution in [0.5, 0.6) is 0 Å². The minimum atomic E-state index is -0.222. The average Bonchev–Trinajstić information content (AvgIpc) is 2.58. The SMILES string of the molecule is CN(C)CCO/N=C(\CCCN1CCCCC1)c1ccc(F)cc1. The molecule has 0 radical (unpaired) electrons. The molecule has 1 fully saturated rings. The lowest BCUT2D eigenvalue weighted by molar-refractivity contribution is 0.125. The predicted molar refractivity (Wildman–Crippen MR) is 97.0 cm³/mol. The van der Waals surface area contributed by atoms with Gasteiger partial charge in [0.25, 0.3) is 0 Å². The van der Waals surface area contributed by atoms with Crippen molar-refractivity contribution in [1.29, 1.82) is 0 Å². The van der Waals surface area contributed by atoms with Crippen LogP contribution in [-0.4, -0.2) is 62.4 Å². The van der Waals surface area contributed by atoms with Crippen LogP contribution in [0.15, 0.2) is 29.4 Å². The van der Waals surface area contributed by atoms with Crippen LogP contribution in [-0.2, 0) is 4.84 Å². The van der Waals surface area contributed by atoms with Crippen LogP contribution in [0, 0.1) is 5.82 Å². The van der Waals surface area contributed by atoms with E-state index in [1.807, 2.05) is 14.1 Å². The summed E-state index contributed by atoms with van der Waals surface area (Å²) < 4.78 is 13.2. The first-order valence-corrected chi connectivity index (χ1v) is 8.97. The molecule has 24 heavy (non-hydrogen) atoms. The van der Waals surface area contributed by atoms with Crippen LogP contribution < -0.4 is 0 Å². The van der Waals surface area contributed by atoms with E-state index in [0.29, 0.717) is 6.61 Å². The zero-order valence-corrected chi connectivity index (χ0v) is 15.0. The standard InChI is InChI=1S/C19H30FN3O/c1-22(2)15-16-24-21-19(17-8-10-18(20)11-9-17)7-6-14-23-12-4-3-5-13-23/h8-11H,3-7,12-16H2,1-2H3/b21-19+. The molecule has 0 saturated carbocycles. The Bertz CT molecular complexity index is 496. The van der Waals surface area contributed by atoms with Gasteiger partial charge in [-0.2, -0.15) is 0 Å². The van der Waals surface area contributed by atoms with Crippen molar-refractivity contribution < 1.29 is 9.23 Å². The van der Waals surface area contributed by atoms with E-state index < -0.39 is 0 Å². The van der Waals surface area contributed by atoms with Crippen molar-refractivity contribution >= 4 is 5.71 Å². The molecule has 0 N–H and O–H groups in total. The van der Waals surface area contributed by atoms with Gasteiger partial charge in [-0.1, -0.05) is 23.7 Å². The predicted octanol–water partition coefficient (Wildman–Crippen LogP) is 3.37. The third-order valence-electron chi connectivity index (χ3n) is 4.32. The first-order valence-electron chi connectivity index (χ1n) is 8.97. The van der Waals surface area contributed by atoms with E-state index in [2.05, 4.69) is 15.0 Å². The van der Waals surface area contributed by atoms with Crippen molar-refractivity contribution in [1.82, 2.24) is 9.80 Å². The van der Waals surface area contributed by atoms with Crippen molar-refractivity contribution in [3.05, 3.63) is 35.6 Å². The highest BCUT2D eigenvalue weighted by Crippen LogP contribution is 2.12. The molecule has 0 bridgehead atoms. The Balaban J connectivity index is 1.88. The molecule has 1 saturated heterocycles. The smallest absolute Gasteiger partial charge is 0.129 e. The molecule has 134 valence electrons. The Hall–Kier alpha value is -1.46. The fourth-order valence-electron chi connectivity index (χ4n) is 2.89. The lowest BCUT2D eigenvalue weighted by Crippen LogP contribution is -2.30. The summed E-state index contributed by atoms with van der Waals surface area (Å²) in [5.74, 6) is -0.222. The summed E-state index contributed by atoms with van der Waals surface area (Å²) in [6.45, 7) is 4.90. The molecule has 1 aromatic rings. The highest BCUT2D eigenvalue weighted by molar-refractivity contribution is 6.00. The molecule has 0 aliphatic carbocycles. The van der Waals surface area contributed by atoms with Crippen LogP contribution in [0.4, 0.5) is 4.39 Å². The topological polar surface area (TPSA) is 28.1 Å². The summed E-state index contributed by atoms with van der Waals surface area (Å²) in [7, 11) is 4.01. The van der Waals surface area contributed by atoms with Crippen molar-refractivity contribution in [2.45, 2.75) is 32.1 Å². The van der Waals surface area contributed by atoms with Gasteiger partial charge in [0.15, 0.2) is 0 Å². The summed E-state index contributed by atoms with van der Waals surface area (Å²) in [5.41, 5.74) is 1.85. The lowest BCUT2D eigenvalue weighted by Gasteiger charge is -2.26. The van der Waals surface area contributed by atoms with Gasteiger partial charge < -0.3 is 14.6 Å². The van der Waals surface area contributed by atoms with E-state index in [1.165, 1.54) is 44.5 Å². The largest absolute Gasteiger partial charge is 0.394 e. The maximum atomic E-state index is 13.2. The molecule has 1 aliphatic rings. The third kappa shape index (κ3) is 6.97. The molecule has 0 atom stereocenters. The minimum Gasteiger partial charge on any atom is -0.394 e. The number of likely N-dealkylation sites (N-methyl/N-ethyl adjacent to an activating group) is 1. The molecule has 0 amide bonds. The molecule has 1 aromatic carbocycles. The second-order valence-corrected chi connectivity index (χ2v) is 6.69. The van der Waals surface area contributed by atoms with E-state index in [1.54, 1.807) is 12.1 Å². The number of halogens is 1. The van der Waals surface area contributed by atoms with Gasteiger partial charge in [-0.15, -0.1) is 0 Å². The van der Waals surface area contributed by atoms with Crippen molar-refractivity contribution in [3.8, 4) is 0 Å². The highest BCUT2D eigenvalue weighted by Gasteiger charge is 2.11. The van der Waals surface area contributed by atoms with E-state index in [-0.39, 0.29) is 5.82 Å². The minimum absolute atomic E-state index is 0.222. The van der Waals surface area contributed by atoms with Gasteiger partial charge in [0, 0.05) is 6.54 Å². The first-order chi connectivity index (χ1) is 11.6. The molecule has 0 aromatic heterocycles. The molecule has 0 spiro atoms. The van der Waals surface area contributed by atoms with Crippen LogP contribution >= 0.6 is 0 Å². The number of rotatable bonds is 9. The van der Waals surface area contributed by atoms with Gasteiger partial charge in [0.05, 0.1) is 5.71 Å². The van der Waals surface area contributed by atoms with Gasteiger partial charge in [0.2, 0.25) is 0 Å². The maximum Gasteiger partial charge on any atom is 0.129 e. The van der Waals surface area contributed by atoms with Gasteiger partial charge in [0.1, 0.15) is 12.4 Å². The zero-order chi connectivity index (χ0) is 17.2. The Morgan fingerprint density at radius 1 is 1.17 bits per heavy atom. The maximum absolute atomic E-state index is 13.2. The number of oxime groups is 1. The second kappa shape index (κ2) is 10.4. The van der Waals surface area contributed by atoms with Crippen LogP contribution in [0.25, 0.3) is 0 Å². The second-order valence-electron chi connectivity index (χ2n) is 6.69. The number of benzene rings is 1. The summed E-state index contributed by atoms with van der Waals surface area (Å²) in [5, 5.41) is 4.33. The van der Waals surface area contributed by atoms with Crippen LogP contribution in [0.2, 0.25) is 0 Å². The van der Waals surface area contributed by atoms with E-state index in [9.17, 15) is 4.39 Å². The fraction of sp³-hybridized carbons (Fsp3) is 0.632. The number of nitrogens with zero attached hydrogens (tertiary/aromatic N) is 3. The van der Waals surface area contributed by atoms with E-state index in [4.69, 9.17) is 4.84 Å². The molecule has 5 heteroatoms. The van der Waals surface area contributed by atoms with Crippen LogP contribution in [0.3, 0.4) is 0 Å². The van der Waals surface area contributed by atoms with Gasteiger partial charge in [-0.3, -0.25) is 0 Å². The molecule has 1 aliphatic heterocycles. The van der Waals surface area contributed by atoms with E-state index >= 15 is 0 Å².